The third-order valence-electron chi connectivity index (χ3n) is 4.13. The molecule has 0 unspecified atom stereocenters. The predicted octanol–water partition coefficient (Wildman–Crippen LogP) is 2.22. The van der Waals surface area contributed by atoms with E-state index < -0.39 is 0 Å². The number of nitrogens with zero attached hydrogens (tertiary/aromatic N) is 2. The highest BCUT2D eigenvalue weighted by Gasteiger charge is 2.45. The van der Waals surface area contributed by atoms with Gasteiger partial charge in [-0.15, -0.1) is 0 Å². The molecule has 110 valence electrons. The van der Waals surface area contributed by atoms with E-state index in [1.807, 2.05) is 18.2 Å². The second kappa shape index (κ2) is 5.68. The van der Waals surface area contributed by atoms with Crippen molar-refractivity contribution >= 4 is 5.91 Å². The zero-order valence-corrected chi connectivity index (χ0v) is 12.1. The molecule has 5 heteroatoms. The van der Waals surface area contributed by atoms with E-state index >= 15 is 0 Å². The standard InChI is InChI=1S/C16H19N3O2/c1-12(20)17-11-8-14-18-15(21-19-14)16(9-5-10-16)13-6-3-2-4-7-13/h2-4,6-7H,5,8-11H2,1H3,(H,17,20). The fraction of sp³-hybridized carbons (Fsp3) is 0.438. The first-order chi connectivity index (χ1) is 10.2. The van der Waals surface area contributed by atoms with Crippen LogP contribution in [0.3, 0.4) is 0 Å². The van der Waals surface area contributed by atoms with Gasteiger partial charge in [0, 0.05) is 19.9 Å². The summed E-state index contributed by atoms with van der Waals surface area (Å²) in [4.78, 5) is 15.4. The quantitative estimate of drug-likeness (QED) is 0.914. The first-order valence-corrected chi connectivity index (χ1v) is 7.34. The zero-order valence-electron chi connectivity index (χ0n) is 12.1. The van der Waals surface area contributed by atoms with Crippen molar-refractivity contribution in [1.29, 1.82) is 0 Å². The van der Waals surface area contributed by atoms with Gasteiger partial charge in [-0.25, -0.2) is 0 Å². The number of carbonyl (C=O) groups is 1. The Morgan fingerprint density at radius 3 is 2.71 bits per heavy atom. The van der Waals surface area contributed by atoms with E-state index in [0.29, 0.717) is 24.7 Å². The van der Waals surface area contributed by atoms with E-state index in [1.54, 1.807) is 0 Å². The first-order valence-electron chi connectivity index (χ1n) is 7.34. The molecule has 1 fully saturated rings. The summed E-state index contributed by atoms with van der Waals surface area (Å²) in [6.07, 6.45) is 3.86. The molecule has 0 aliphatic heterocycles. The van der Waals surface area contributed by atoms with Crippen LogP contribution in [0.5, 0.6) is 0 Å². The number of hydrogen-bond acceptors (Lipinski definition) is 4. The molecule has 0 radical (unpaired) electrons. The Bertz CT molecular complexity index is 617. The maximum absolute atomic E-state index is 10.9. The van der Waals surface area contributed by atoms with Crippen molar-refractivity contribution < 1.29 is 9.32 Å². The van der Waals surface area contributed by atoms with Gasteiger partial charge >= 0.3 is 0 Å². The van der Waals surface area contributed by atoms with Crippen LogP contribution < -0.4 is 5.32 Å². The van der Waals surface area contributed by atoms with Crippen LogP contribution in [0.4, 0.5) is 0 Å². The van der Waals surface area contributed by atoms with Gasteiger partial charge in [0.05, 0.1) is 5.41 Å². The van der Waals surface area contributed by atoms with Gasteiger partial charge in [0.15, 0.2) is 5.82 Å². The van der Waals surface area contributed by atoms with Crippen LogP contribution in [-0.2, 0) is 16.6 Å². The maximum Gasteiger partial charge on any atom is 0.237 e. The molecular weight excluding hydrogens is 266 g/mol. The minimum absolute atomic E-state index is 0.0431. The number of aromatic nitrogens is 2. The summed E-state index contributed by atoms with van der Waals surface area (Å²) in [6.45, 7) is 2.03. The average Bonchev–Trinajstić information content (AvgIpc) is 2.87. The van der Waals surface area contributed by atoms with Crippen molar-refractivity contribution in [1.82, 2.24) is 15.5 Å². The Labute approximate surface area is 123 Å². The van der Waals surface area contributed by atoms with Crippen molar-refractivity contribution in [2.24, 2.45) is 0 Å². The molecule has 3 rings (SSSR count). The lowest BCUT2D eigenvalue weighted by molar-refractivity contribution is -0.118. The SMILES string of the molecule is CC(=O)NCCc1noc(C2(c3ccccc3)CCC2)n1. The molecule has 1 aliphatic carbocycles. The van der Waals surface area contributed by atoms with Crippen molar-refractivity contribution in [2.75, 3.05) is 6.54 Å². The molecule has 0 atom stereocenters. The van der Waals surface area contributed by atoms with Crippen LogP contribution in [-0.4, -0.2) is 22.6 Å². The summed E-state index contributed by atoms with van der Waals surface area (Å²) >= 11 is 0. The highest BCUT2D eigenvalue weighted by atomic mass is 16.5. The highest BCUT2D eigenvalue weighted by Crippen LogP contribution is 2.48. The third-order valence-corrected chi connectivity index (χ3v) is 4.13. The van der Waals surface area contributed by atoms with E-state index in [2.05, 4.69) is 27.6 Å². The fourth-order valence-electron chi connectivity index (χ4n) is 2.81. The molecule has 0 spiro atoms. The monoisotopic (exact) mass is 285 g/mol. The molecule has 1 N–H and O–H groups in total. The van der Waals surface area contributed by atoms with Gasteiger partial charge in [-0.2, -0.15) is 4.98 Å². The summed E-state index contributed by atoms with van der Waals surface area (Å²) < 4.78 is 5.51. The van der Waals surface area contributed by atoms with Gasteiger partial charge in [-0.1, -0.05) is 41.9 Å². The molecule has 0 bridgehead atoms. The highest BCUT2D eigenvalue weighted by molar-refractivity contribution is 5.72. The molecule has 1 amide bonds. The number of nitrogens with one attached hydrogen (secondary N) is 1. The lowest BCUT2D eigenvalue weighted by Gasteiger charge is -2.38. The van der Waals surface area contributed by atoms with Crippen molar-refractivity contribution in [2.45, 2.75) is 38.0 Å². The topological polar surface area (TPSA) is 68.0 Å². The van der Waals surface area contributed by atoms with Crippen molar-refractivity contribution in [3.63, 3.8) is 0 Å². The van der Waals surface area contributed by atoms with Crippen molar-refractivity contribution in [3.05, 3.63) is 47.6 Å². The molecular formula is C16H19N3O2. The molecule has 5 nitrogen and oxygen atoms in total. The normalized spacial score (nSPS) is 16.2. The largest absolute Gasteiger partial charge is 0.356 e. The minimum Gasteiger partial charge on any atom is -0.356 e. The third kappa shape index (κ3) is 2.68. The van der Waals surface area contributed by atoms with Gasteiger partial charge < -0.3 is 9.84 Å². The number of benzene rings is 1. The van der Waals surface area contributed by atoms with Crippen LogP contribution in [0.2, 0.25) is 0 Å². The molecule has 1 aromatic carbocycles. The first kappa shape index (κ1) is 13.8. The molecule has 1 heterocycles. The van der Waals surface area contributed by atoms with E-state index in [-0.39, 0.29) is 11.3 Å². The molecule has 2 aromatic rings. The number of rotatable bonds is 5. The summed E-state index contributed by atoms with van der Waals surface area (Å²) in [5.41, 5.74) is 1.13. The van der Waals surface area contributed by atoms with E-state index in [4.69, 9.17) is 4.52 Å². The van der Waals surface area contributed by atoms with Crippen LogP contribution in [0.1, 0.15) is 43.5 Å². The van der Waals surface area contributed by atoms with Crippen LogP contribution in [0.25, 0.3) is 0 Å². The molecule has 1 aromatic heterocycles. The average molecular weight is 285 g/mol. The Morgan fingerprint density at radius 1 is 1.33 bits per heavy atom. The summed E-state index contributed by atoms with van der Waals surface area (Å²) in [5.74, 6) is 1.32. The summed E-state index contributed by atoms with van der Waals surface area (Å²) in [5, 5.41) is 6.79. The number of amides is 1. The molecule has 21 heavy (non-hydrogen) atoms. The Balaban J connectivity index is 1.77. The summed E-state index contributed by atoms with van der Waals surface area (Å²) in [6, 6.07) is 10.4. The second-order valence-electron chi connectivity index (χ2n) is 5.55. The lowest BCUT2D eigenvalue weighted by atomic mass is 9.64. The Kier molecular flexibility index (Phi) is 3.73. The number of hydrogen-bond donors (Lipinski definition) is 1. The van der Waals surface area contributed by atoms with Crippen molar-refractivity contribution in [3.8, 4) is 0 Å². The molecule has 1 aliphatic rings. The van der Waals surface area contributed by atoms with Gasteiger partial charge in [0.1, 0.15) is 0 Å². The lowest BCUT2D eigenvalue weighted by Crippen LogP contribution is -2.35. The molecule has 1 saturated carbocycles. The molecule has 0 saturated heterocycles. The van der Waals surface area contributed by atoms with Gasteiger partial charge in [0.2, 0.25) is 11.8 Å². The van der Waals surface area contributed by atoms with E-state index in [1.165, 1.54) is 18.9 Å². The van der Waals surface area contributed by atoms with Gasteiger partial charge in [0.25, 0.3) is 0 Å². The second-order valence-corrected chi connectivity index (χ2v) is 5.55. The fourth-order valence-corrected chi connectivity index (χ4v) is 2.81. The van der Waals surface area contributed by atoms with E-state index in [0.717, 1.165) is 12.8 Å². The van der Waals surface area contributed by atoms with Gasteiger partial charge in [-0.3, -0.25) is 4.79 Å². The van der Waals surface area contributed by atoms with Crippen LogP contribution >= 0.6 is 0 Å². The van der Waals surface area contributed by atoms with Crippen LogP contribution in [0, 0.1) is 0 Å². The summed E-state index contributed by atoms with van der Waals surface area (Å²) in [7, 11) is 0. The smallest absolute Gasteiger partial charge is 0.237 e. The Morgan fingerprint density at radius 2 is 2.10 bits per heavy atom. The zero-order chi connectivity index (χ0) is 14.7. The predicted molar refractivity (Wildman–Crippen MR) is 77.8 cm³/mol. The van der Waals surface area contributed by atoms with Gasteiger partial charge in [-0.05, 0) is 18.4 Å². The minimum atomic E-state index is -0.111. The van der Waals surface area contributed by atoms with Crippen LogP contribution in [0.15, 0.2) is 34.9 Å². The van der Waals surface area contributed by atoms with E-state index in [9.17, 15) is 4.79 Å². The number of carbonyl (C=O) groups excluding carboxylic acids is 1. The Hall–Kier alpha value is -2.17. The maximum atomic E-state index is 10.9.